The van der Waals surface area contributed by atoms with Crippen LogP contribution in [0.15, 0.2) is 30.3 Å². The van der Waals surface area contributed by atoms with Crippen LogP contribution in [-0.2, 0) is 11.2 Å². The molecule has 3 N–H and O–H groups in total. The van der Waals surface area contributed by atoms with Crippen LogP contribution in [0.25, 0.3) is 0 Å². The van der Waals surface area contributed by atoms with E-state index in [-0.39, 0.29) is 11.6 Å². The van der Waals surface area contributed by atoms with Crippen LogP contribution in [0.2, 0.25) is 0 Å². The first-order valence-corrected chi connectivity index (χ1v) is 7.75. The second-order valence-corrected chi connectivity index (χ2v) is 6.21. The third kappa shape index (κ3) is 3.60. The van der Waals surface area contributed by atoms with Crippen molar-refractivity contribution >= 4 is 0 Å². The Labute approximate surface area is 122 Å². The number of methoxy groups -OCH3 is 1. The van der Waals surface area contributed by atoms with E-state index in [0.717, 1.165) is 31.6 Å². The number of aryl methyl sites for hydroxylation is 1. The Morgan fingerprint density at radius 2 is 2.15 bits per heavy atom. The van der Waals surface area contributed by atoms with Crippen LogP contribution in [0.4, 0.5) is 0 Å². The summed E-state index contributed by atoms with van der Waals surface area (Å²) < 4.78 is 5.95. The van der Waals surface area contributed by atoms with E-state index in [4.69, 9.17) is 10.6 Å². The quantitative estimate of drug-likeness (QED) is 0.620. The molecule has 1 aromatic carbocycles. The number of hydrogen-bond acceptors (Lipinski definition) is 3. The van der Waals surface area contributed by atoms with E-state index < -0.39 is 0 Å². The summed E-state index contributed by atoms with van der Waals surface area (Å²) in [6.45, 7) is 2.32. The van der Waals surface area contributed by atoms with E-state index in [0.29, 0.717) is 0 Å². The van der Waals surface area contributed by atoms with Crippen LogP contribution in [0, 0.1) is 5.92 Å². The van der Waals surface area contributed by atoms with E-state index in [1.54, 1.807) is 0 Å². The third-order valence-electron chi connectivity index (χ3n) is 4.80. The molecule has 3 atom stereocenters. The zero-order valence-corrected chi connectivity index (χ0v) is 12.8. The largest absolute Gasteiger partial charge is 0.377 e. The van der Waals surface area contributed by atoms with Gasteiger partial charge in [-0.1, -0.05) is 50.1 Å². The first-order valence-electron chi connectivity index (χ1n) is 7.75. The molecule has 1 aromatic rings. The summed E-state index contributed by atoms with van der Waals surface area (Å²) in [7, 11) is 1.84. The number of hydrazine groups is 1. The van der Waals surface area contributed by atoms with Gasteiger partial charge in [-0.15, -0.1) is 0 Å². The second-order valence-electron chi connectivity index (χ2n) is 6.21. The molecular formula is C17H28N2O. The molecule has 20 heavy (non-hydrogen) atoms. The molecule has 0 amide bonds. The van der Waals surface area contributed by atoms with Gasteiger partial charge in [0.15, 0.2) is 0 Å². The smallest absolute Gasteiger partial charge is 0.0847 e. The molecule has 0 heterocycles. The van der Waals surface area contributed by atoms with Crippen molar-refractivity contribution in [3.63, 3.8) is 0 Å². The second kappa shape index (κ2) is 7.21. The van der Waals surface area contributed by atoms with E-state index >= 15 is 0 Å². The van der Waals surface area contributed by atoms with Gasteiger partial charge in [-0.05, 0) is 37.2 Å². The van der Waals surface area contributed by atoms with Crippen LogP contribution in [-0.4, -0.2) is 18.8 Å². The predicted molar refractivity (Wildman–Crippen MR) is 83.2 cm³/mol. The normalized spacial score (nSPS) is 28.2. The Bertz CT molecular complexity index is 395. The lowest BCUT2D eigenvalue weighted by Crippen LogP contribution is -2.56. The Balaban J connectivity index is 2.02. The molecule has 3 heteroatoms. The number of nitrogens with two attached hydrogens (primary N) is 1. The lowest BCUT2D eigenvalue weighted by Gasteiger charge is -2.44. The Kier molecular flexibility index (Phi) is 5.58. The number of rotatable bonds is 6. The summed E-state index contributed by atoms with van der Waals surface area (Å²) in [4.78, 5) is 0. The van der Waals surface area contributed by atoms with Crippen LogP contribution >= 0.6 is 0 Å². The van der Waals surface area contributed by atoms with E-state index in [1.807, 2.05) is 7.11 Å². The van der Waals surface area contributed by atoms with Gasteiger partial charge in [0.05, 0.1) is 11.6 Å². The minimum atomic E-state index is -0.0960. The minimum Gasteiger partial charge on any atom is -0.377 e. The highest BCUT2D eigenvalue weighted by Gasteiger charge is 2.41. The van der Waals surface area contributed by atoms with Gasteiger partial charge in [0.1, 0.15) is 0 Å². The van der Waals surface area contributed by atoms with Crippen LogP contribution in [0.5, 0.6) is 0 Å². The van der Waals surface area contributed by atoms with Gasteiger partial charge in [0, 0.05) is 7.11 Å². The van der Waals surface area contributed by atoms with Crippen molar-refractivity contribution in [3.8, 4) is 0 Å². The van der Waals surface area contributed by atoms with Crippen molar-refractivity contribution in [2.45, 2.75) is 57.1 Å². The maximum absolute atomic E-state index is 5.95. The van der Waals surface area contributed by atoms with Crippen LogP contribution in [0.3, 0.4) is 0 Å². The molecule has 0 aromatic heterocycles. The van der Waals surface area contributed by atoms with Crippen molar-refractivity contribution in [2.24, 2.45) is 11.8 Å². The molecule has 0 radical (unpaired) electrons. The summed E-state index contributed by atoms with van der Waals surface area (Å²) >= 11 is 0. The summed E-state index contributed by atoms with van der Waals surface area (Å²) in [6.07, 6.45) is 6.81. The maximum atomic E-state index is 5.95. The first-order chi connectivity index (χ1) is 9.70. The monoisotopic (exact) mass is 276 g/mol. The van der Waals surface area contributed by atoms with Gasteiger partial charge in [-0.3, -0.25) is 11.3 Å². The summed E-state index contributed by atoms with van der Waals surface area (Å²) in [5.74, 6) is 6.56. The van der Waals surface area contributed by atoms with Gasteiger partial charge in [0.2, 0.25) is 0 Å². The van der Waals surface area contributed by atoms with Crippen molar-refractivity contribution in [1.29, 1.82) is 0 Å². The summed E-state index contributed by atoms with van der Waals surface area (Å²) in [5, 5.41) is 0. The third-order valence-corrected chi connectivity index (χ3v) is 4.80. The van der Waals surface area contributed by atoms with Crippen molar-refractivity contribution in [2.75, 3.05) is 7.11 Å². The fraction of sp³-hybridized carbons (Fsp3) is 0.647. The van der Waals surface area contributed by atoms with Crippen molar-refractivity contribution in [1.82, 2.24) is 5.43 Å². The first kappa shape index (κ1) is 15.5. The number of ether oxygens (including phenoxy) is 1. The molecule has 2 rings (SSSR count). The highest BCUT2D eigenvalue weighted by Crippen LogP contribution is 2.38. The zero-order chi connectivity index (χ0) is 14.4. The van der Waals surface area contributed by atoms with Gasteiger partial charge >= 0.3 is 0 Å². The van der Waals surface area contributed by atoms with Gasteiger partial charge < -0.3 is 4.74 Å². The van der Waals surface area contributed by atoms with Gasteiger partial charge in [0.25, 0.3) is 0 Å². The maximum Gasteiger partial charge on any atom is 0.0847 e. The SMILES string of the molecule is COC1(C(CCc2ccccc2)NN)CCCC(C)C1. The fourth-order valence-corrected chi connectivity index (χ4v) is 3.64. The standard InChI is InChI=1S/C17H28N2O/c1-14-7-6-12-17(13-14,20-2)16(19-18)11-10-15-8-4-3-5-9-15/h3-5,8-9,14,16,19H,6-7,10-13,18H2,1-2H3. The highest BCUT2D eigenvalue weighted by atomic mass is 16.5. The van der Waals surface area contributed by atoms with Gasteiger partial charge in [-0.25, -0.2) is 0 Å². The number of benzene rings is 1. The fourth-order valence-electron chi connectivity index (χ4n) is 3.64. The summed E-state index contributed by atoms with van der Waals surface area (Å²) in [6, 6.07) is 10.8. The van der Waals surface area contributed by atoms with Crippen molar-refractivity contribution in [3.05, 3.63) is 35.9 Å². The molecular weight excluding hydrogens is 248 g/mol. The Morgan fingerprint density at radius 3 is 2.75 bits per heavy atom. The average Bonchev–Trinajstić information content (AvgIpc) is 2.49. The Hall–Kier alpha value is -0.900. The van der Waals surface area contributed by atoms with Crippen LogP contribution in [0.1, 0.15) is 44.6 Å². The number of nitrogens with one attached hydrogen (secondary N) is 1. The molecule has 0 spiro atoms. The molecule has 1 fully saturated rings. The molecule has 3 nitrogen and oxygen atoms in total. The lowest BCUT2D eigenvalue weighted by atomic mass is 9.73. The summed E-state index contributed by atoms with van der Waals surface area (Å²) in [5.41, 5.74) is 4.30. The Morgan fingerprint density at radius 1 is 1.40 bits per heavy atom. The lowest BCUT2D eigenvalue weighted by molar-refractivity contribution is -0.0809. The highest BCUT2D eigenvalue weighted by molar-refractivity contribution is 5.15. The zero-order valence-electron chi connectivity index (χ0n) is 12.8. The molecule has 0 bridgehead atoms. The molecule has 3 unspecified atom stereocenters. The average molecular weight is 276 g/mol. The van der Waals surface area contributed by atoms with E-state index in [1.165, 1.54) is 18.4 Å². The van der Waals surface area contributed by atoms with Crippen LogP contribution < -0.4 is 11.3 Å². The topological polar surface area (TPSA) is 47.3 Å². The molecule has 0 aliphatic heterocycles. The van der Waals surface area contributed by atoms with E-state index in [2.05, 4.69) is 42.7 Å². The van der Waals surface area contributed by atoms with Crippen molar-refractivity contribution < 1.29 is 4.74 Å². The predicted octanol–water partition coefficient (Wildman–Crippen LogP) is 3.05. The van der Waals surface area contributed by atoms with E-state index in [9.17, 15) is 0 Å². The minimum absolute atomic E-state index is 0.0960. The molecule has 1 aliphatic rings. The molecule has 1 aliphatic carbocycles. The van der Waals surface area contributed by atoms with Gasteiger partial charge in [-0.2, -0.15) is 0 Å². The molecule has 1 saturated carbocycles. The molecule has 0 saturated heterocycles. The molecule has 112 valence electrons. The number of hydrogen-bond donors (Lipinski definition) is 2.